The SMILES string of the molecule is CCC(C)CCCCCCCCC(=O)OC[C@H](COP(=O)(O)OC[C@H](O)COP(=O)(O)OC[C@@H](COC(=O)CCCCCCCCCCCCCCCCC(C)C)OC(=O)CCCCCCCCC(C)C)OC(=O)CCCCCCCCCCCC(C)C. The number of ether oxygens (including phenoxy) is 4. The highest BCUT2D eigenvalue weighted by molar-refractivity contribution is 7.47. The van der Waals surface area contributed by atoms with Gasteiger partial charge in [0, 0.05) is 25.7 Å². The number of hydrogen-bond acceptors (Lipinski definition) is 15. The maximum absolute atomic E-state index is 13.0. The van der Waals surface area contributed by atoms with E-state index in [4.69, 9.17) is 37.0 Å². The minimum absolute atomic E-state index is 0.102. The fraction of sp³-hybridized carbons (Fsp3) is 0.942. The van der Waals surface area contributed by atoms with Crippen LogP contribution >= 0.6 is 15.6 Å². The van der Waals surface area contributed by atoms with Gasteiger partial charge in [0.2, 0.25) is 0 Å². The Morgan fingerprint density at radius 3 is 0.807 bits per heavy atom. The smallest absolute Gasteiger partial charge is 0.462 e. The van der Waals surface area contributed by atoms with Gasteiger partial charge in [0.1, 0.15) is 19.3 Å². The quantitative estimate of drug-likeness (QED) is 0.0222. The molecule has 0 amide bonds. The lowest BCUT2D eigenvalue weighted by molar-refractivity contribution is -0.161. The second-order valence-electron chi connectivity index (χ2n) is 26.6. The standard InChI is InChI=1S/C69H134O17P2/c1-9-62(8)48-40-32-26-28-34-42-50-67(72)80-56-64(85-68(73)51-43-35-24-20-16-18-22-30-38-46-60(4)5)57-83-87(75,76)81-53-63(70)54-82-88(77,78)84-58-65(86-69(74)52-44-36-27-25-31-39-47-61(6)7)55-79-66(71)49-41-33-23-19-15-13-11-10-12-14-17-21-29-37-45-59(2)3/h59-65,70H,9-58H2,1-8H3,(H,75,76)(H,77,78)/t62?,63-,64+,65+/m0/s1. The molecule has 0 rings (SSSR count). The number of carbonyl (C=O) groups excluding carboxylic acids is 4. The minimum atomic E-state index is -4.95. The van der Waals surface area contributed by atoms with Crippen LogP contribution in [0.5, 0.6) is 0 Å². The van der Waals surface area contributed by atoms with E-state index >= 15 is 0 Å². The van der Waals surface area contributed by atoms with Crippen LogP contribution in [0.1, 0.15) is 338 Å². The Kier molecular flexibility index (Phi) is 57.6. The van der Waals surface area contributed by atoms with Gasteiger partial charge in [-0.2, -0.15) is 0 Å². The summed E-state index contributed by atoms with van der Waals surface area (Å²) in [7, 11) is -9.90. The summed E-state index contributed by atoms with van der Waals surface area (Å²) >= 11 is 0. The number of rotatable bonds is 66. The van der Waals surface area contributed by atoms with Gasteiger partial charge in [-0.15, -0.1) is 0 Å². The second kappa shape index (κ2) is 58.8. The number of aliphatic hydroxyl groups excluding tert-OH is 1. The van der Waals surface area contributed by atoms with E-state index in [2.05, 4.69) is 55.4 Å². The Morgan fingerprint density at radius 1 is 0.318 bits per heavy atom. The fourth-order valence-electron chi connectivity index (χ4n) is 10.3. The van der Waals surface area contributed by atoms with Crippen LogP contribution in [-0.2, 0) is 65.4 Å². The lowest BCUT2D eigenvalue weighted by atomic mass is 10.00. The molecule has 0 saturated heterocycles. The van der Waals surface area contributed by atoms with Crippen LogP contribution in [0.2, 0.25) is 0 Å². The number of carbonyl (C=O) groups is 4. The van der Waals surface area contributed by atoms with Crippen molar-refractivity contribution in [3.05, 3.63) is 0 Å². The molecule has 88 heavy (non-hydrogen) atoms. The molecule has 19 heteroatoms. The zero-order chi connectivity index (χ0) is 65.4. The average Bonchev–Trinajstić information content (AvgIpc) is 3.55. The van der Waals surface area contributed by atoms with E-state index in [-0.39, 0.29) is 25.7 Å². The molecule has 0 radical (unpaired) electrons. The van der Waals surface area contributed by atoms with Crippen molar-refractivity contribution < 1.29 is 80.2 Å². The van der Waals surface area contributed by atoms with E-state index in [1.54, 1.807) is 0 Å². The van der Waals surface area contributed by atoms with Crippen molar-refractivity contribution in [3.8, 4) is 0 Å². The topological polar surface area (TPSA) is 237 Å². The number of esters is 4. The Bertz CT molecular complexity index is 1750. The van der Waals surface area contributed by atoms with Crippen molar-refractivity contribution in [1.29, 1.82) is 0 Å². The Hall–Kier alpha value is -1.94. The van der Waals surface area contributed by atoms with Crippen LogP contribution in [-0.4, -0.2) is 96.7 Å². The molecular formula is C69H134O17P2. The summed E-state index contributed by atoms with van der Waals surface area (Å²) in [5.74, 6) is 0.799. The summed E-state index contributed by atoms with van der Waals surface area (Å²) in [6.45, 7) is 14.0. The first-order chi connectivity index (χ1) is 42.1. The highest BCUT2D eigenvalue weighted by Crippen LogP contribution is 2.45. The molecule has 0 spiro atoms. The summed E-state index contributed by atoms with van der Waals surface area (Å²) in [4.78, 5) is 72.4. The van der Waals surface area contributed by atoms with Crippen LogP contribution in [0.15, 0.2) is 0 Å². The summed E-state index contributed by atoms with van der Waals surface area (Å²) in [5, 5.41) is 10.6. The Balaban J connectivity index is 5.19. The lowest BCUT2D eigenvalue weighted by Gasteiger charge is -2.21. The first kappa shape index (κ1) is 86.1. The van der Waals surface area contributed by atoms with Gasteiger partial charge in [0.15, 0.2) is 12.2 Å². The molecule has 17 nitrogen and oxygen atoms in total. The van der Waals surface area contributed by atoms with Gasteiger partial charge in [0.25, 0.3) is 0 Å². The molecule has 3 N–H and O–H groups in total. The van der Waals surface area contributed by atoms with Gasteiger partial charge < -0.3 is 33.8 Å². The van der Waals surface area contributed by atoms with Crippen molar-refractivity contribution >= 4 is 39.5 Å². The molecule has 0 bridgehead atoms. The molecular weight excluding hydrogens is 1160 g/mol. The van der Waals surface area contributed by atoms with Crippen molar-refractivity contribution in [2.75, 3.05) is 39.6 Å². The third kappa shape index (κ3) is 61.6. The van der Waals surface area contributed by atoms with Crippen LogP contribution in [0.25, 0.3) is 0 Å². The molecule has 522 valence electrons. The molecule has 0 aliphatic heterocycles. The monoisotopic (exact) mass is 1300 g/mol. The second-order valence-corrected chi connectivity index (χ2v) is 29.5. The molecule has 6 atom stereocenters. The number of unbranched alkanes of at least 4 members (excludes halogenated alkanes) is 31. The molecule has 3 unspecified atom stereocenters. The van der Waals surface area contributed by atoms with Crippen LogP contribution in [0, 0.1) is 23.7 Å². The molecule has 0 aromatic rings. The van der Waals surface area contributed by atoms with Crippen molar-refractivity contribution in [2.24, 2.45) is 23.7 Å². The predicted molar refractivity (Wildman–Crippen MR) is 354 cm³/mol. The molecule has 0 fully saturated rings. The summed E-state index contributed by atoms with van der Waals surface area (Å²) < 4.78 is 68.2. The highest BCUT2D eigenvalue weighted by atomic mass is 31.2. The van der Waals surface area contributed by atoms with E-state index in [0.717, 1.165) is 114 Å². The van der Waals surface area contributed by atoms with Gasteiger partial charge in [-0.05, 0) is 49.4 Å². The maximum atomic E-state index is 13.0. The molecule has 0 aliphatic carbocycles. The molecule has 0 aromatic heterocycles. The number of hydrogen-bond donors (Lipinski definition) is 3. The summed E-state index contributed by atoms with van der Waals surface area (Å²) in [5.41, 5.74) is 0. The highest BCUT2D eigenvalue weighted by Gasteiger charge is 2.30. The maximum Gasteiger partial charge on any atom is 0.472 e. The third-order valence-corrected chi connectivity index (χ3v) is 18.1. The molecule has 0 aliphatic rings. The van der Waals surface area contributed by atoms with Gasteiger partial charge in [0.05, 0.1) is 26.4 Å². The summed E-state index contributed by atoms with van der Waals surface area (Å²) in [6.07, 6.45) is 40.6. The largest absolute Gasteiger partial charge is 0.472 e. The van der Waals surface area contributed by atoms with Crippen LogP contribution < -0.4 is 0 Å². The molecule has 0 saturated carbocycles. The third-order valence-electron chi connectivity index (χ3n) is 16.2. The molecule has 0 heterocycles. The van der Waals surface area contributed by atoms with E-state index in [1.165, 1.54) is 135 Å². The van der Waals surface area contributed by atoms with Gasteiger partial charge in [-0.1, -0.05) is 287 Å². The number of phosphoric ester groups is 2. The zero-order valence-electron chi connectivity index (χ0n) is 57.3. The Morgan fingerprint density at radius 2 is 0.545 bits per heavy atom. The van der Waals surface area contributed by atoms with Gasteiger partial charge in [-0.3, -0.25) is 37.3 Å². The van der Waals surface area contributed by atoms with Crippen LogP contribution in [0.4, 0.5) is 0 Å². The summed E-state index contributed by atoms with van der Waals surface area (Å²) in [6, 6.07) is 0. The number of phosphoric acid groups is 2. The first-order valence-electron chi connectivity index (χ1n) is 35.7. The normalized spacial score (nSPS) is 14.6. The van der Waals surface area contributed by atoms with E-state index < -0.39 is 97.5 Å². The predicted octanol–water partition coefficient (Wildman–Crippen LogP) is 19.3. The van der Waals surface area contributed by atoms with Crippen LogP contribution in [0.3, 0.4) is 0 Å². The zero-order valence-corrected chi connectivity index (χ0v) is 59.1. The molecule has 0 aromatic carbocycles. The number of aliphatic hydroxyl groups is 1. The fourth-order valence-corrected chi connectivity index (χ4v) is 11.9. The minimum Gasteiger partial charge on any atom is -0.462 e. The van der Waals surface area contributed by atoms with E-state index in [9.17, 15) is 43.2 Å². The lowest BCUT2D eigenvalue weighted by Crippen LogP contribution is -2.30. The Labute approximate surface area is 537 Å². The van der Waals surface area contributed by atoms with E-state index in [1.807, 2.05) is 0 Å². The van der Waals surface area contributed by atoms with Gasteiger partial charge in [-0.25, -0.2) is 9.13 Å². The van der Waals surface area contributed by atoms with Crippen molar-refractivity contribution in [2.45, 2.75) is 356 Å². The van der Waals surface area contributed by atoms with E-state index in [0.29, 0.717) is 31.6 Å². The average molecular weight is 1300 g/mol. The first-order valence-corrected chi connectivity index (χ1v) is 38.7. The van der Waals surface area contributed by atoms with Crippen molar-refractivity contribution in [1.82, 2.24) is 0 Å². The van der Waals surface area contributed by atoms with Crippen molar-refractivity contribution in [3.63, 3.8) is 0 Å². The van der Waals surface area contributed by atoms with Gasteiger partial charge >= 0.3 is 39.5 Å².